The Kier molecular flexibility index (Phi) is 20.3. The van der Waals surface area contributed by atoms with E-state index in [9.17, 15) is 28.0 Å². The number of nitrogens with zero attached hydrogens (tertiary/aromatic N) is 5. The number of amides is 5. The molecular formula is C32H36Ac2F2KN9O7-2. The molecule has 0 saturated carbocycles. The third-order valence-electron chi connectivity index (χ3n) is 9.01. The first-order valence-corrected chi connectivity index (χ1v) is 15.9. The molecule has 274 valence electrons. The second-order valence-corrected chi connectivity index (χ2v) is 12.0. The quantitative estimate of drug-likeness (QED) is 0.233. The Morgan fingerprint density at radius 1 is 0.774 bits per heavy atom. The molecule has 5 heterocycles. The van der Waals surface area contributed by atoms with Gasteiger partial charge in [-0.3, -0.25) is 19.9 Å². The van der Waals surface area contributed by atoms with Crippen LogP contribution < -0.4 is 81.6 Å². The molecule has 2 atom stereocenters. The van der Waals surface area contributed by atoms with Crippen molar-refractivity contribution in [2.45, 2.75) is 30.6 Å². The summed E-state index contributed by atoms with van der Waals surface area (Å²) in [4.78, 5) is 53.4. The summed E-state index contributed by atoms with van der Waals surface area (Å²) in [5, 5.41) is 11.2. The molecule has 5 aliphatic heterocycles. The van der Waals surface area contributed by atoms with Gasteiger partial charge in [-0.2, -0.15) is 0 Å². The van der Waals surface area contributed by atoms with Gasteiger partial charge in [0.2, 0.25) is 0 Å². The number of piperidine rings is 1. The van der Waals surface area contributed by atoms with Crippen LogP contribution in [0.5, 0.6) is 0 Å². The Bertz CT molecular complexity index is 1630. The van der Waals surface area contributed by atoms with Gasteiger partial charge in [0.15, 0.2) is 0 Å². The molecule has 2 aromatic carbocycles. The van der Waals surface area contributed by atoms with Crippen LogP contribution in [-0.2, 0) is 19.0 Å². The van der Waals surface area contributed by atoms with Gasteiger partial charge in [-0.25, -0.2) is 23.2 Å². The second kappa shape index (κ2) is 22.3. The van der Waals surface area contributed by atoms with Crippen molar-refractivity contribution in [2.75, 3.05) is 85.2 Å². The number of urea groups is 1. The van der Waals surface area contributed by atoms with Gasteiger partial charge in [0.1, 0.15) is 29.4 Å². The summed E-state index contributed by atoms with van der Waals surface area (Å²) in [5.41, 5.74) is 15.4. The number of nitrogens with one attached hydrogen (secondary N) is 4. The van der Waals surface area contributed by atoms with Gasteiger partial charge in [0, 0.05) is 114 Å². The van der Waals surface area contributed by atoms with Gasteiger partial charge < -0.3 is 52.6 Å². The van der Waals surface area contributed by atoms with Crippen LogP contribution in [0.2, 0.25) is 0 Å². The summed E-state index contributed by atoms with van der Waals surface area (Å²) in [5.74, 6) is -1.18. The molecule has 2 radical (unpaired) electrons. The number of morpholine rings is 1. The Morgan fingerprint density at radius 2 is 1.21 bits per heavy atom. The number of cyclic esters (lactones) is 2. The molecule has 2 unspecified atom stereocenters. The van der Waals surface area contributed by atoms with Gasteiger partial charge in [-0.1, -0.05) is 0 Å². The first-order valence-electron chi connectivity index (χ1n) is 15.9. The van der Waals surface area contributed by atoms with E-state index in [1.165, 1.54) is 21.9 Å². The largest absolute Gasteiger partial charge is 1.00 e. The molecule has 0 aromatic heterocycles. The van der Waals surface area contributed by atoms with Crippen molar-refractivity contribution in [3.63, 3.8) is 0 Å². The average molecular weight is 1190 g/mol. The van der Waals surface area contributed by atoms with E-state index in [0.29, 0.717) is 81.5 Å². The SMILES string of the molecule is [Ac].[Ac].[C-]#N.[K+].[NH-]CC1CN(c2ccc(N3CCC4(CC3)NC(=O)NC4=O)c(F)c2)C(=O)O1.[NH-]CC1CN(c2ccc(N3CCOCC3)c(F)c2)C(=O)O1. The molecule has 1 spiro atoms. The van der Waals surface area contributed by atoms with Gasteiger partial charge in [-0.05, 0) is 49.2 Å². The third kappa shape index (κ3) is 11.4. The number of hydrogen-bond acceptors (Lipinski definition) is 10. The molecule has 5 amide bonds. The smallest absolute Gasteiger partial charge is 0.674 e. The molecule has 5 fully saturated rings. The Balaban J connectivity index is 0.000000341. The fourth-order valence-corrected chi connectivity index (χ4v) is 6.33. The molecule has 4 N–H and O–H groups in total. The van der Waals surface area contributed by atoms with Crippen molar-refractivity contribution in [2.24, 2.45) is 0 Å². The van der Waals surface area contributed by atoms with Gasteiger partial charge in [-0.15, -0.1) is 13.1 Å². The molecule has 0 aliphatic carbocycles. The first-order chi connectivity index (χ1) is 24.1. The van der Waals surface area contributed by atoms with E-state index < -0.39 is 41.8 Å². The van der Waals surface area contributed by atoms with E-state index in [-0.39, 0.29) is 171 Å². The van der Waals surface area contributed by atoms with Gasteiger partial charge >= 0.3 is 69.6 Å². The van der Waals surface area contributed by atoms with Crippen LogP contribution in [0.3, 0.4) is 0 Å². The Labute approximate surface area is 419 Å². The number of anilines is 4. The predicted octanol–water partition coefficient (Wildman–Crippen LogP) is 0.522. The zero-order valence-electron chi connectivity index (χ0n) is 29.1. The summed E-state index contributed by atoms with van der Waals surface area (Å²) in [6, 6.07) is 8.75. The third-order valence-corrected chi connectivity index (χ3v) is 9.01. The van der Waals surface area contributed by atoms with Crippen LogP contribution in [0.15, 0.2) is 36.4 Å². The van der Waals surface area contributed by atoms with Crippen molar-refractivity contribution in [1.82, 2.24) is 10.6 Å². The Morgan fingerprint density at radius 3 is 1.57 bits per heavy atom. The van der Waals surface area contributed by atoms with E-state index in [4.69, 9.17) is 37.5 Å². The van der Waals surface area contributed by atoms with Crippen molar-refractivity contribution in [3.05, 3.63) is 66.1 Å². The maximum atomic E-state index is 14.7. The fourth-order valence-electron chi connectivity index (χ4n) is 6.33. The molecule has 0 bridgehead atoms. The van der Waals surface area contributed by atoms with Crippen molar-refractivity contribution in [3.8, 4) is 0 Å². The average Bonchev–Trinajstić information content (AvgIpc) is 3.79. The molecule has 53 heavy (non-hydrogen) atoms. The summed E-state index contributed by atoms with van der Waals surface area (Å²) in [6.07, 6.45) is -1.29. The minimum absolute atomic E-state index is 0. The topological polar surface area (TPSA) is 204 Å². The zero-order valence-corrected chi connectivity index (χ0v) is 41.7. The van der Waals surface area contributed by atoms with Crippen LogP contribution in [0, 0.1) is 112 Å². The van der Waals surface area contributed by atoms with Crippen LogP contribution >= 0.6 is 0 Å². The number of halogens is 2. The molecule has 7 rings (SSSR count). The van der Waals surface area contributed by atoms with Crippen molar-refractivity contribution < 1.29 is 182 Å². The molecule has 5 saturated heterocycles. The number of carbonyl (C=O) groups excluding carboxylic acids is 4. The standard InChI is InChI=1S/C17H19FN5O4.C14H17FN3O3.CN.2Ac.K/c18-12-7-10(23-9-11(8-19)27-16(23)26)1-2-13(12)22-5-3-17(4-6-22)14(24)20-15(25)21-17;15-12-7-10(18-9-11(8-16)21-14(18)19)1-2-13(12)17-3-5-20-6-4-17;1-2;;;/h1-2,7,11,19H,3-6,8-9H2,(H2,20,21,24,25);1-2,7,11,16H,3-6,8-9H2;;;;/q3*-1;;;+1. The van der Waals surface area contributed by atoms with Crippen molar-refractivity contribution in [1.29, 1.82) is 5.26 Å². The molecule has 16 nitrogen and oxygen atoms in total. The Hall–Kier alpha value is -0.731. The number of imide groups is 1. The van der Waals surface area contributed by atoms with Crippen LogP contribution in [-0.4, -0.2) is 107 Å². The summed E-state index contributed by atoms with van der Waals surface area (Å²) in [6.45, 7) is 8.55. The number of rotatable bonds is 6. The van der Waals surface area contributed by atoms with E-state index in [0.717, 1.165) is 0 Å². The van der Waals surface area contributed by atoms with E-state index in [2.05, 4.69) is 10.6 Å². The van der Waals surface area contributed by atoms with Crippen LogP contribution in [0.25, 0.3) is 11.5 Å². The normalized spacial score (nSPS) is 21.3. The number of carbonyl (C=O) groups is 4. The predicted molar refractivity (Wildman–Crippen MR) is 175 cm³/mol. The summed E-state index contributed by atoms with van der Waals surface area (Å²) in [7, 11) is 0. The van der Waals surface area contributed by atoms with Gasteiger partial charge in [0.05, 0.1) is 49.1 Å². The summed E-state index contributed by atoms with van der Waals surface area (Å²) >= 11 is 0. The van der Waals surface area contributed by atoms with Crippen molar-refractivity contribution >= 4 is 46.9 Å². The molecule has 5 aliphatic rings. The minimum atomic E-state index is -0.908. The molecule has 2 aromatic rings. The van der Waals surface area contributed by atoms with Crippen LogP contribution in [0.4, 0.5) is 45.9 Å². The maximum Gasteiger partial charge on any atom is 1.00 e. The number of hydrogen-bond donors (Lipinski definition) is 2. The number of ether oxygens (including phenoxy) is 3. The maximum absolute atomic E-state index is 14.7. The fraction of sp³-hybridized carbons (Fsp3) is 0.469. The minimum Gasteiger partial charge on any atom is -0.674 e. The first kappa shape index (κ1) is 48.4. The van der Waals surface area contributed by atoms with E-state index in [1.807, 2.05) is 9.80 Å². The van der Waals surface area contributed by atoms with Gasteiger partial charge in [0.25, 0.3) is 5.91 Å². The van der Waals surface area contributed by atoms with Crippen LogP contribution in [0.1, 0.15) is 12.8 Å². The number of benzene rings is 2. The molecule has 21 heteroatoms. The summed E-state index contributed by atoms with van der Waals surface area (Å²) < 4.78 is 44.3. The van der Waals surface area contributed by atoms with E-state index >= 15 is 0 Å². The second-order valence-electron chi connectivity index (χ2n) is 12.0. The molecular weight excluding hydrogens is 1150 g/mol. The van der Waals surface area contributed by atoms with E-state index in [1.54, 1.807) is 24.3 Å². The monoisotopic (exact) mass is 1190 g/mol. The zero-order chi connectivity index (χ0) is 36.0.